The predicted octanol–water partition coefficient (Wildman–Crippen LogP) is 0.437. The summed E-state index contributed by atoms with van der Waals surface area (Å²) in [5.74, 6) is 0.258. The van der Waals surface area contributed by atoms with Gasteiger partial charge in [-0.25, -0.2) is 4.79 Å². The van der Waals surface area contributed by atoms with Crippen LogP contribution in [0.1, 0.15) is 19.8 Å². The van der Waals surface area contributed by atoms with Crippen molar-refractivity contribution in [2.75, 3.05) is 39.5 Å². The third-order valence-electron chi connectivity index (χ3n) is 2.78. The number of urea groups is 1. The van der Waals surface area contributed by atoms with Crippen LogP contribution < -0.4 is 5.32 Å². The molecule has 16 heavy (non-hydrogen) atoms. The molecular weight excluding hydrogens is 208 g/mol. The van der Waals surface area contributed by atoms with Crippen molar-refractivity contribution in [3.05, 3.63) is 0 Å². The highest BCUT2D eigenvalue weighted by Gasteiger charge is 2.25. The molecule has 2 N–H and O–H groups in total. The molecule has 0 spiro atoms. The highest BCUT2D eigenvalue weighted by Crippen LogP contribution is 2.14. The Morgan fingerprint density at radius 2 is 2.44 bits per heavy atom. The maximum atomic E-state index is 11.6. The smallest absolute Gasteiger partial charge is 0.317 e. The maximum Gasteiger partial charge on any atom is 0.317 e. The largest absolute Gasteiger partial charge is 0.396 e. The second-order valence-corrected chi connectivity index (χ2v) is 4.07. The van der Waals surface area contributed by atoms with Gasteiger partial charge < -0.3 is 20.1 Å². The van der Waals surface area contributed by atoms with Crippen molar-refractivity contribution in [3.8, 4) is 0 Å². The van der Waals surface area contributed by atoms with Gasteiger partial charge in [-0.2, -0.15) is 0 Å². The monoisotopic (exact) mass is 230 g/mol. The lowest BCUT2D eigenvalue weighted by molar-refractivity contribution is 0.144. The van der Waals surface area contributed by atoms with Crippen molar-refractivity contribution in [2.45, 2.75) is 19.8 Å². The molecule has 0 aromatic rings. The summed E-state index contributed by atoms with van der Waals surface area (Å²) >= 11 is 0. The molecule has 1 rings (SSSR count). The van der Waals surface area contributed by atoms with E-state index in [0.29, 0.717) is 19.7 Å². The predicted molar refractivity (Wildman–Crippen MR) is 61.3 cm³/mol. The molecule has 2 amide bonds. The van der Waals surface area contributed by atoms with Gasteiger partial charge >= 0.3 is 6.03 Å². The summed E-state index contributed by atoms with van der Waals surface area (Å²) in [5.41, 5.74) is 0. The molecule has 1 heterocycles. The second-order valence-electron chi connectivity index (χ2n) is 4.07. The Labute approximate surface area is 96.8 Å². The van der Waals surface area contributed by atoms with Gasteiger partial charge in [0.25, 0.3) is 0 Å². The molecule has 1 aliphatic rings. The third kappa shape index (κ3) is 4.37. The van der Waals surface area contributed by atoms with Crippen molar-refractivity contribution >= 4 is 6.03 Å². The van der Waals surface area contributed by atoms with E-state index in [1.165, 1.54) is 0 Å². The molecule has 1 aliphatic heterocycles. The molecule has 5 nitrogen and oxygen atoms in total. The SMILES string of the molecule is CCOCCCNC(=O)N1CCC(CO)C1. The normalized spacial score (nSPS) is 20.1. The van der Waals surface area contributed by atoms with E-state index in [9.17, 15) is 4.79 Å². The summed E-state index contributed by atoms with van der Waals surface area (Å²) in [5, 5.41) is 11.8. The van der Waals surface area contributed by atoms with E-state index in [1.807, 2.05) is 6.92 Å². The first kappa shape index (κ1) is 13.3. The fourth-order valence-corrected chi connectivity index (χ4v) is 1.79. The minimum atomic E-state index is -0.0209. The number of nitrogens with zero attached hydrogens (tertiary/aromatic N) is 1. The van der Waals surface area contributed by atoms with E-state index in [4.69, 9.17) is 9.84 Å². The van der Waals surface area contributed by atoms with E-state index in [1.54, 1.807) is 4.90 Å². The van der Waals surface area contributed by atoms with Crippen LogP contribution in [0, 0.1) is 5.92 Å². The molecule has 94 valence electrons. The minimum absolute atomic E-state index is 0.0209. The van der Waals surface area contributed by atoms with Crippen LogP contribution in [0.15, 0.2) is 0 Å². The summed E-state index contributed by atoms with van der Waals surface area (Å²) in [6, 6.07) is -0.0209. The zero-order valence-electron chi connectivity index (χ0n) is 9.95. The van der Waals surface area contributed by atoms with E-state index in [-0.39, 0.29) is 18.6 Å². The molecule has 0 bridgehead atoms. The Kier molecular flexibility index (Phi) is 6.18. The third-order valence-corrected chi connectivity index (χ3v) is 2.78. The Hall–Kier alpha value is -0.810. The van der Waals surface area contributed by atoms with Crippen molar-refractivity contribution in [3.63, 3.8) is 0 Å². The van der Waals surface area contributed by atoms with Crippen LogP contribution in [0.3, 0.4) is 0 Å². The molecule has 0 saturated carbocycles. The van der Waals surface area contributed by atoms with Crippen molar-refractivity contribution < 1.29 is 14.6 Å². The number of rotatable bonds is 6. The van der Waals surface area contributed by atoms with Gasteiger partial charge in [0.1, 0.15) is 0 Å². The summed E-state index contributed by atoms with van der Waals surface area (Å²) in [7, 11) is 0. The van der Waals surface area contributed by atoms with Crippen molar-refractivity contribution in [1.82, 2.24) is 10.2 Å². The number of aliphatic hydroxyl groups is 1. The Morgan fingerprint density at radius 3 is 3.06 bits per heavy atom. The van der Waals surface area contributed by atoms with Crippen LogP contribution in [-0.2, 0) is 4.74 Å². The van der Waals surface area contributed by atoms with E-state index < -0.39 is 0 Å². The highest BCUT2D eigenvalue weighted by molar-refractivity contribution is 5.74. The summed E-state index contributed by atoms with van der Waals surface area (Å²) in [6.07, 6.45) is 1.75. The number of nitrogens with one attached hydrogen (secondary N) is 1. The van der Waals surface area contributed by atoms with Crippen LogP contribution in [0.4, 0.5) is 4.79 Å². The maximum absolute atomic E-state index is 11.6. The van der Waals surface area contributed by atoms with E-state index in [0.717, 1.165) is 26.0 Å². The Morgan fingerprint density at radius 1 is 1.62 bits per heavy atom. The first-order valence-corrected chi connectivity index (χ1v) is 5.99. The fourth-order valence-electron chi connectivity index (χ4n) is 1.79. The number of ether oxygens (including phenoxy) is 1. The number of amides is 2. The van der Waals surface area contributed by atoms with Crippen LogP contribution >= 0.6 is 0 Å². The number of hydrogen-bond acceptors (Lipinski definition) is 3. The molecule has 1 saturated heterocycles. The van der Waals surface area contributed by atoms with Crippen molar-refractivity contribution in [1.29, 1.82) is 0 Å². The molecule has 0 aromatic carbocycles. The van der Waals surface area contributed by atoms with Gasteiger partial charge in [-0.1, -0.05) is 0 Å². The number of aliphatic hydroxyl groups excluding tert-OH is 1. The number of hydrogen-bond donors (Lipinski definition) is 2. The highest BCUT2D eigenvalue weighted by atomic mass is 16.5. The van der Waals surface area contributed by atoms with Gasteiger partial charge in [-0.3, -0.25) is 0 Å². The summed E-state index contributed by atoms with van der Waals surface area (Å²) < 4.78 is 5.18. The number of likely N-dealkylation sites (tertiary alicyclic amines) is 1. The number of carbonyl (C=O) groups is 1. The van der Waals surface area contributed by atoms with Crippen molar-refractivity contribution in [2.24, 2.45) is 5.92 Å². The van der Waals surface area contributed by atoms with Crippen LogP contribution in [0.2, 0.25) is 0 Å². The zero-order chi connectivity index (χ0) is 11.8. The first-order valence-electron chi connectivity index (χ1n) is 5.99. The standard InChI is InChI=1S/C11H22N2O3/c1-2-16-7-3-5-12-11(15)13-6-4-10(8-13)9-14/h10,14H,2-9H2,1H3,(H,12,15). The average Bonchev–Trinajstić information content (AvgIpc) is 2.77. The Balaban J connectivity index is 2.06. The molecule has 1 atom stereocenters. The van der Waals surface area contributed by atoms with Crippen LogP contribution in [-0.4, -0.2) is 55.5 Å². The molecular formula is C11H22N2O3. The van der Waals surface area contributed by atoms with E-state index in [2.05, 4.69) is 5.32 Å². The molecule has 0 radical (unpaired) electrons. The Bertz CT molecular complexity index is 211. The number of carbonyl (C=O) groups excluding carboxylic acids is 1. The molecule has 1 fully saturated rings. The minimum Gasteiger partial charge on any atom is -0.396 e. The van der Waals surface area contributed by atoms with Gasteiger partial charge in [0, 0.05) is 45.4 Å². The zero-order valence-corrected chi connectivity index (χ0v) is 9.95. The van der Waals surface area contributed by atoms with Gasteiger partial charge in [-0.05, 0) is 19.8 Å². The van der Waals surface area contributed by atoms with Gasteiger partial charge in [0.05, 0.1) is 0 Å². The second kappa shape index (κ2) is 7.46. The molecule has 5 heteroatoms. The summed E-state index contributed by atoms with van der Waals surface area (Å²) in [4.78, 5) is 13.4. The lowest BCUT2D eigenvalue weighted by Gasteiger charge is -2.16. The topological polar surface area (TPSA) is 61.8 Å². The quantitative estimate of drug-likeness (QED) is 0.651. The lowest BCUT2D eigenvalue weighted by atomic mass is 10.1. The lowest BCUT2D eigenvalue weighted by Crippen LogP contribution is -2.39. The molecule has 0 aliphatic carbocycles. The summed E-state index contributed by atoms with van der Waals surface area (Å²) in [6.45, 7) is 5.62. The molecule has 1 unspecified atom stereocenters. The van der Waals surface area contributed by atoms with E-state index >= 15 is 0 Å². The van der Waals surface area contributed by atoms with Gasteiger partial charge in [0.2, 0.25) is 0 Å². The molecule has 0 aromatic heterocycles. The van der Waals surface area contributed by atoms with Gasteiger partial charge in [0.15, 0.2) is 0 Å². The van der Waals surface area contributed by atoms with Crippen LogP contribution in [0.5, 0.6) is 0 Å². The fraction of sp³-hybridized carbons (Fsp3) is 0.909. The van der Waals surface area contributed by atoms with Crippen LogP contribution in [0.25, 0.3) is 0 Å². The van der Waals surface area contributed by atoms with Gasteiger partial charge in [-0.15, -0.1) is 0 Å². The average molecular weight is 230 g/mol. The first-order chi connectivity index (χ1) is 7.77.